The van der Waals surface area contributed by atoms with Gasteiger partial charge in [-0.25, -0.2) is 15.0 Å². The van der Waals surface area contributed by atoms with Crippen LogP contribution in [0.2, 0.25) is 0 Å². The van der Waals surface area contributed by atoms with E-state index in [2.05, 4.69) is 22.0 Å². The SMILES string of the molecule is C=NC(=N/C=C(\C)c1ccc2nc3n(c2c1)C(c1ccccc1OC(F)F)CN3)N1C[C@H]2CC[C@@H](C1)C2C(=O)O. The molecule has 4 atom stereocenters. The normalized spacial score (nSPS) is 24.4. The third kappa shape index (κ3) is 4.59. The number of imidazole rings is 1. The molecule has 3 aliphatic rings. The lowest BCUT2D eigenvalue weighted by molar-refractivity contribution is -0.146. The van der Waals surface area contributed by atoms with Crippen LogP contribution in [-0.4, -0.2) is 64.4 Å². The maximum absolute atomic E-state index is 13.1. The van der Waals surface area contributed by atoms with Crippen LogP contribution in [0.3, 0.4) is 0 Å². The fourth-order valence-electron chi connectivity index (χ4n) is 6.51. The summed E-state index contributed by atoms with van der Waals surface area (Å²) in [5.74, 6) is 0.487. The van der Waals surface area contributed by atoms with Gasteiger partial charge >= 0.3 is 12.6 Å². The second-order valence-electron chi connectivity index (χ2n) is 10.6. The van der Waals surface area contributed by atoms with Gasteiger partial charge in [0.15, 0.2) is 0 Å². The summed E-state index contributed by atoms with van der Waals surface area (Å²) in [6.07, 6.45) is 3.56. The van der Waals surface area contributed by atoms with Crippen molar-refractivity contribution in [2.45, 2.75) is 32.4 Å². The summed E-state index contributed by atoms with van der Waals surface area (Å²) in [5, 5.41) is 12.9. The van der Waals surface area contributed by atoms with E-state index in [4.69, 9.17) is 9.72 Å². The summed E-state index contributed by atoms with van der Waals surface area (Å²) >= 11 is 0. The highest BCUT2D eigenvalue weighted by Gasteiger charge is 2.46. The van der Waals surface area contributed by atoms with Crippen LogP contribution >= 0.6 is 0 Å². The number of benzene rings is 2. The fourth-order valence-corrected chi connectivity index (χ4v) is 6.51. The highest BCUT2D eigenvalue weighted by atomic mass is 19.3. The Balaban J connectivity index is 1.28. The second-order valence-corrected chi connectivity index (χ2v) is 10.6. The number of aliphatic carboxylic acids is 1. The van der Waals surface area contributed by atoms with E-state index in [0.717, 1.165) is 35.0 Å². The van der Waals surface area contributed by atoms with Gasteiger partial charge in [0.25, 0.3) is 0 Å². The van der Waals surface area contributed by atoms with Gasteiger partial charge in [0.1, 0.15) is 5.75 Å². The number of anilines is 1. The van der Waals surface area contributed by atoms with Gasteiger partial charge in [0.2, 0.25) is 11.9 Å². The highest BCUT2D eigenvalue weighted by molar-refractivity contribution is 5.87. The fraction of sp³-hybridized carbons (Fsp3) is 0.379. The van der Waals surface area contributed by atoms with Gasteiger partial charge in [-0.15, -0.1) is 0 Å². The first-order valence-electron chi connectivity index (χ1n) is 13.3. The third-order valence-electron chi connectivity index (χ3n) is 8.32. The van der Waals surface area contributed by atoms with E-state index in [-0.39, 0.29) is 29.5 Å². The van der Waals surface area contributed by atoms with Crippen LogP contribution in [0.4, 0.5) is 14.7 Å². The summed E-state index contributed by atoms with van der Waals surface area (Å²) in [6, 6.07) is 12.5. The van der Waals surface area contributed by atoms with Gasteiger partial charge in [0, 0.05) is 31.4 Å². The average Bonchev–Trinajstić information content (AvgIpc) is 3.58. The molecule has 1 saturated carbocycles. The summed E-state index contributed by atoms with van der Waals surface area (Å²) in [7, 11) is 0. The van der Waals surface area contributed by atoms with E-state index >= 15 is 0 Å². The molecule has 2 aromatic carbocycles. The van der Waals surface area contributed by atoms with Crippen molar-refractivity contribution in [2.75, 3.05) is 25.0 Å². The van der Waals surface area contributed by atoms with E-state index in [0.29, 0.717) is 37.1 Å². The topological polar surface area (TPSA) is 104 Å². The van der Waals surface area contributed by atoms with E-state index in [9.17, 15) is 18.7 Å². The molecule has 2 aliphatic heterocycles. The predicted molar refractivity (Wildman–Crippen MR) is 149 cm³/mol. The van der Waals surface area contributed by atoms with Crippen LogP contribution in [0.15, 0.2) is 58.6 Å². The Hall–Kier alpha value is -4.28. The van der Waals surface area contributed by atoms with Gasteiger partial charge in [-0.05, 0) is 67.7 Å². The van der Waals surface area contributed by atoms with Crippen LogP contribution in [0.1, 0.15) is 36.9 Å². The predicted octanol–water partition coefficient (Wildman–Crippen LogP) is 5.11. The van der Waals surface area contributed by atoms with Crippen LogP contribution in [-0.2, 0) is 4.79 Å². The smallest absolute Gasteiger partial charge is 0.387 e. The van der Waals surface area contributed by atoms with Gasteiger partial charge in [-0.2, -0.15) is 8.78 Å². The van der Waals surface area contributed by atoms with Crippen LogP contribution in [0, 0.1) is 17.8 Å². The molecule has 3 heterocycles. The highest BCUT2D eigenvalue weighted by Crippen LogP contribution is 2.42. The Labute approximate surface area is 229 Å². The number of carboxylic acid groups (broad SMARTS) is 1. The molecule has 2 unspecified atom stereocenters. The molecule has 0 spiro atoms. The molecule has 208 valence electrons. The molecule has 3 aromatic rings. The monoisotopic (exact) mass is 548 g/mol. The lowest BCUT2D eigenvalue weighted by Gasteiger charge is -2.36. The van der Waals surface area contributed by atoms with E-state index in [1.165, 1.54) is 0 Å². The number of hydrogen-bond donors (Lipinski definition) is 2. The third-order valence-corrected chi connectivity index (χ3v) is 8.32. The molecule has 2 N–H and O–H groups in total. The number of piperidine rings is 1. The number of nitrogens with one attached hydrogen (secondary N) is 1. The first kappa shape index (κ1) is 26.0. The number of rotatable bonds is 6. The van der Waals surface area contributed by atoms with Crippen molar-refractivity contribution in [3.63, 3.8) is 0 Å². The van der Waals surface area contributed by atoms with Crippen molar-refractivity contribution in [3.8, 4) is 5.75 Å². The molecule has 0 radical (unpaired) electrons. The minimum atomic E-state index is -2.91. The number of halogens is 2. The number of allylic oxidation sites excluding steroid dienone is 1. The number of ether oxygens (including phenoxy) is 1. The van der Waals surface area contributed by atoms with Crippen LogP contribution < -0.4 is 10.1 Å². The molecule has 1 aromatic heterocycles. The van der Waals surface area contributed by atoms with E-state index in [1.807, 2.05) is 40.7 Å². The number of aliphatic imine (C=N–C) groups is 2. The lowest BCUT2D eigenvalue weighted by atomic mass is 9.85. The number of guanidine groups is 1. The summed E-state index contributed by atoms with van der Waals surface area (Å²) < 4.78 is 33.0. The molecular formula is C29H30F2N6O3. The zero-order valence-corrected chi connectivity index (χ0v) is 22.0. The van der Waals surface area contributed by atoms with E-state index in [1.54, 1.807) is 24.4 Å². The molecule has 9 nitrogen and oxygen atoms in total. The van der Waals surface area contributed by atoms with Crippen molar-refractivity contribution >= 4 is 41.2 Å². The van der Waals surface area contributed by atoms with Gasteiger partial charge in [-0.3, -0.25) is 4.79 Å². The molecule has 11 heteroatoms. The number of carboxylic acids is 1. The molecule has 2 fully saturated rings. The number of hydrogen-bond acceptors (Lipinski definition) is 5. The molecule has 6 rings (SSSR count). The van der Waals surface area contributed by atoms with Gasteiger partial charge in [0.05, 0.1) is 23.0 Å². The van der Waals surface area contributed by atoms with Crippen molar-refractivity contribution < 1.29 is 23.4 Å². The van der Waals surface area contributed by atoms with Crippen LogP contribution in [0.5, 0.6) is 5.75 Å². The second kappa shape index (κ2) is 10.4. The standard InChI is InChI=1S/C29H30F2N6O3/c1-16(12-33-28(32-2)36-14-18-7-8-19(15-36)25(18)26(38)39)17-9-10-21-22(11-17)37-23(13-34-29(37)35-21)20-5-3-4-6-24(20)40-27(30)31/h3-6,9-12,18-19,23,25,27H,2,7-8,13-15H2,1H3,(H,34,35)(H,38,39)/b16-12+,33-28?/t18-,19+,23?,25?. The molecular weight excluding hydrogens is 518 g/mol. The van der Waals surface area contributed by atoms with E-state index < -0.39 is 12.6 Å². The Morgan fingerprint density at radius 3 is 2.67 bits per heavy atom. The number of carbonyl (C=O) groups is 1. The molecule has 0 amide bonds. The summed E-state index contributed by atoms with van der Waals surface area (Å²) in [4.78, 5) is 27.2. The lowest BCUT2D eigenvalue weighted by Crippen LogP contribution is -2.46. The first-order valence-corrected chi connectivity index (χ1v) is 13.3. The van der Waals surface area contributed by atoms with Crippen LogP contribution in [0.25, 0.3) is 16.6 Å². The number of aromatic nitrogens is 2. The zero-order valence-electron chi connectivity index (χ0n) is 22.0. The molecule has 1 saturated heterocycles. The summed E-state index contributed by atoms with van der Waals surface area (Å²) in [6.45, 7) is 4.46. The maximum Gasteiger partial charge on any atom is 0.387 e. The maximum atomic E-state index is 13.1. The van der Waals surface area contributed by atoms with Gasteiger partial charge < -0.3 is 24.6 Å². The van der Waals surface area contributed by atoms with Crippen molar-refractivity contribution in [2.24, 2.45) is 27.7 Å². The molecule has 40 heavy (non-hydrogen) atoms. The first-order chi connectivity index (χ1) is 19.3. The number of likely N-dealkylation sites (tertiary alicyclic amines) is 1. The number of para-hydroxylation sites is 1. The summed E-state index contributed by atoms with van der Waals surface area (Å²) in [5.41, 5.74) is 4.11. The number of fused-ring (bicyclic) bond motifs is 5. The van der Waals surface area contributed by atoms with Crippen molar-refractivity contribution in [1.29, 1.82) is 0 Å². The largest absolute Gasteiger partial charge is 0.481 e. The quantitative estimate of drug-likeness (QED) is 0.328. The number of nitrogens with zero attached hydrogens (tertiary/aromatic N) is 5. The minimum Gasteiger partial charge on any atom is -0.481 e. The van der Waals surface area contributed by atoms with Crippen molar-refractivity contribution in [3.05, 3.63) is 59.8 Å². The Bertz CT molecular complexity index is 1520. The Morgan fingerprint density at radius 1 is 1.23 bits per heavy atom. The van der Waals surface area contributed by atoms with Crippen molar-refractivity contribution in [1.82, 2.24) is 14.5 Å². The molecule has 1 aliphatic carbocycles. The Morgan fingerprint density at radius 2 is 1.98 bits per heavy atom. The average molecular weight is 549 g/mol. The Kier molecular flexibility index (Phi) is 6.73. The molecule has 2 bridgehead atoms. The van der Waals surface area contributed by atoms with Gasteiger partial charge in [-0.1, -0.05) is 24.3 Å². The zero-order chi connectivity index (χ0) is 28.0. The number of alkyl halides is 2. The minimum absolute atomic E-state index is 0.0948.